The van der Waals surface area contributed by atoms with Gasteiger partial charge in [-0.25, -0.2) is 4.68 Å². The molecular formula is C18H22N4O2S. The number of carbonyl (C=O) groups excluding carboxylic acids is 1. The fraction of sp³-hybridized carbons (Fsp3) is 0.500. The molecule has 3 aromatic rings. The van der Waals surface area contributed by atoms with Crippen LogP contribution in [0, 0.1) is 12.8 Å². The Bertz CT molecular complexity index is 992. The second kappa shape index (κ2) is 6.29. The Morgan fingerprint density at radius 2 is 2.04 bits per heavy atom. The first kappa shape index (κ1) is 16.3. The van der Waals surface area contributed by atoms with Crippen LogP contribution in [0.25, 0.3) is 15.7 Å². The van der Waals surface area contributed by atoms with Gasteiger partial charge in [0.1, 0.15) is 18.4 Å². The van der Waals surface area contributed by atoms with Crippen LogP contribution >= 0.6 is 11.3 Å². The maximum absolute atomic E-state index is 12.7. The van der Waals surface area contributed by atoms with E-state index >= 15 is 0 Å². The van der Waals surface area contributed by atoms with Crippen molar-refractivity contribution in [2.75, 3.05) is 0 Å². The molecule has 1 N–H and O–H groups in total. The Labute approximate surface area is 149 Å². The van der Waals surface area contributed by atoms with E-state index in [1.807, 2.05) is 13.0 Å². The number of hydrogen-bond donors (Lipinski definition) is 1. The average molecular weight is 358 g/mol. The Kier molecular flexibility index (Phi) is 4.11. The van der Waals surface area contributed by atoms with Gasteiger partial charge in [-0.2, -0.15) is 5.10 Å². The summed E-state index contributed by atoms with van der Waals surface area (Å²) >= 11 is 1.65. The minimum atomic E-state index is -0.226. The van der Waals surface area contributed by atoms with Crippen molar-refractivity contribution < 1.29 is 4.79 Å². The van der Waals surface area contributed by atoms with E-state index in [0.29, 0.717) is 5.52 Å². The summed E-state index contributed by atoms with van der Waals surface area (Å²) in [5.41, 5.74) is 1.33. The van der Waals surface area contributed by atoms with Crippen molar-refractivity contribution in [3.8, 4) is 0 Å². The number of rotatable bonds is 3. The number of aryl methyl sites for hydroxylation is 1. The second-order valence-electron chi connectivity index (χ2n) is 7.12. The number of aromatic nitrogens is 3. The Hall–Kier alpha value is -2.15. The number of carbonyl (C=O) groups is 1. The summed E-state index contributed by atoms with van der Waals surface area (Å²) in [4.78, 5) is 26.2. The third kappa shape index (κ3) is 3.08. The van der Waals surface area contributed by atoms with Crippen molar-refractivity contribution in [2.24, 2.45) is 5.92 Å². The van der Waals surface area contributed by atoms with Crippen LogP contribution in [-0.2, 0) is 11.3 Å². The van der Waals surface area contributed by atoms with Gasteiger partial charge in [0, 0.05) is 10.9 Å². The molecule has 0 atom stereocenters. The molecule has 0 spiro atoms. The van der Waals surface area contributed by atoms with Crippen LogP contribution in [0.4, 0.5) is 0 Å². The fourth-order valence-electron chi connectivity index (χ4n) is 3.65. The van der Waals surface area contributed by atoms with Crippen molar-refractivity contribution in [3.63, 3.8) is 0 Å². The van der Waals surface area contributed by atoms with Gasteiger partial charge in [-0.1, -0.05) is 6.92 Å². The van der Waals surface area contributed by atoms with Gasteiger partial charge in [0.05, 0.1) is 10.2 Å². The summed E-state index contributed by atoms with van der Waals surface area (Å²) in [6, 6.07) is 4.16. The highest BCUT2D eigenvalue weighted by Crippen LogP contribution is 2.27. The maximum atomic E-state index is 12.7. The maximum Gasteiger partial charge on any atom is 0.291 e. The summed E-state index contributed by atoms with van der Waals surface area (Å²) in [6.45, 7) is 4.27. The van der Waals surface area contributed by atoms with E-state index in [2.05, 4.69) is 23.4 Å². The molecule has 0 bridgehead atoms. The molecule has 0 radical (unpaired) electrons. The van der Waals surface area contributed by atoms with Gasteiger partial charge in [-0.15, -0.1) is 11.3 Å². The lowest BCUT2D eigenvalue weighted by Crippen LogP contribution is -2.41. The highest BCUT2D eigenvalue weighted by molar-refractivity contribution is 7.19. The molecule has 0 unspecified atom stereocenters. The first-order valence-corrected chi connectivity index (χ1v) is 9.59. The summed E-state index contributed by atoms with van der Waals surface area (Å²) in [7, 11) is 0. The second-order valence-corrected chi connectivity index (χ2v) is 8.41. The largest absolute Gasteiger partial charge is 0.352 e. The minimum Gasteiger partial charge on any atom is -0.352 e. The zero-order valence-corrected chi connectivity index (χ0v) is 15.3. The smallest absolute Gasteiger partial charge is 0.291 e. The predicted molar refractivity (Wildman–Crippen MR) is 99.1 cm³/mol. The lowest BCUT2D eigenvalue weighted by Gasteiger charge is -2.26. The molecule has 0 aromatic carbocycles. The highest BCUT2D eigenvalue weighted by atomic mass is 32.1. The van der Waals surface area contributed by atoms with Gasteiger partial charge >= 0.3 is 0 Å². The molecule has 3 heterocycles. The van der Waals surface area contributed by atoms with Crippen molar-refractivity contribution in [1.29, 1.82) is 0 Å². The van der Waals surface area contributed by atoms with Crippen LogP contribution in [0.3, 0.4) is 0 Å². The molecule has 3 aromatic heterocycles. The Morgan fingerprint density at radius 1 is 1.28 bits per heavy atom. The number of nitrogens with zero attached hydrogens (tertiary/aromatic N) is 3. The number of hydrogen-bond acceptors (Lipinski definition) is 4. The average Bonchev–Trinajstić information content (AvgIpc) is 3.09. The van der Waals surface area contributed by atoms with E-state index in [0.717, 1.165) is 41.8 Å². The van der Waals surface area contributed by atoms with E-state index in [9.17, 15) is 9.59 Å². The first-order chi connectivity index (χ1) is 12.0. The summed E-state index contributed by atoms with van der Waals surface area (Å²) in [5.74, 6) is 0.606. The Morgan fingerprint density at radius 3 is 2.80 bits per heavy atom. The molecular weight excluding hydrogens is 336 g/mol. The molecule has 0 aliphatic heterocycles. The van der Waals surface area contributed by atoms with Crippen molar-refractivity contribution in [2.45, 2.75) is 52.1 Å². The van der Waals surface area contributed by atoms with Crippen LogP contribution in [0.1, 0.15) is 37.5 Å². The molecule has 1 saturated carbocycles. The van der Waals surface area contributed by atoms with Crippen molar-refractivity contribution in [3.05, 3.63) is 33.7 Å². The molecule has 1 fully saturated rings. The summed E-state index contributed by atoms with van der Waals surface area (Å²) < 4.78 is 4.12. The van der Waals surface area contributed by atoms with Gasteiger partial charge in [-0.3, -0.25) is 14.0 Å². The van der Waals surface area contributed by atoms with E-state index < -0.39 is 0 Å². The molecule has 1 amide bonds. The van der Waals surface area contributed by atoms with Crippen LogP contribution < -0.4 is 10.9 Å². The number of nitrogens with one attached hydrogen (secondary N) is 1. The number of thiophene rings is 1. The fourth-order valence-corrected chi connectivity index (χ4v) is 4.60. The lowest BCUT2D eigenvalue weighted by atomic mass is 9.87. The van der Waals surface area contributed by atoms with Crippen LogP contribution in [0.15, 0.2) is 23.3 Å². The van der Waals surface area contributed by atoms with E-state index in [4.69, 9.17) is 0 Å². The summed E-state index contributed by atoms with van der Waals surface area (Å²) in [5, 5.41) is 7.24. The molecule has 1 aliphatic rings. The van der Waals surface area contributed by atoms with E-state index in [1.165, 1.54) is 9.56 Å². The van der Waals surface area contributed by atoms with Crippen LogP contribution in [0.2, 0.25) is 0 Å². The zero-order valence-electron chi connectivity index (χ0n) is 14.5. The van der Waals surface area contributed by atoms with E-state index in [1.54, 1.807) is 22.1 Å². The number of amides is 1. The predicted octanol–water partition coefficient (Wildman–Crippen LogP) is 2.71. The normalized spacial score (nSPS) is 21.0. The molecule has 0 saturated heterocycles. The molecule has 7 heteroatoms. The minimum absolute atomic E-state index is 0.0285. The first-order valence-electron chi connectivity index (χ1n) is 8.78. The highest BCUT2D eigenvalue weighted by Gasteiger charge is 2.20. The molecule has 1 aliphatic carbocycles. The molecule has 25 heavy (non-hydrogen) atoms. The van der Waals surface area contributed by atoms with E-state index in [-0.39, 0.29) is 24.1 Å². The third-order valence-electron chi connectivity index (χ3n) is 5.08. The van der Waals surface area contributed by atoms with Gasteiger partial charge in [0.2, 0.25) is 5.91 Å². The lowest BCUT2D eigenvalue weighted by molar-refractivity contribution is -0.122. The topological polar surface area (TPSA) is 68.4 Å². The standard InChI is InChI=1S/C18H22N4O2S/c1-11-3-5-13(6-4-11)20-17(23)9-22-18(24)15-8-16-14(7-12(2)25-16)21(15)10-19-22/h7-8,10-11,13H,3-6,9H2,1-2H3,(H,20,23). The zero-order chi connectivity index (χ0) is 17.6. The number of fused-ring (bicyclic) bond motifs is 3. The molecule has 132 valence electrons. The van der Waals surface area contributed by atoms with Crippen LogP contribution in [-0.4, -0.2) is 26.1 Å². The summed E-state index contributed by atoms with van der Waals surface area (Å²) in [6.07, 6.45) is 5.96. The van der Waals surface area contributed by atoms with Crippen LogP contribution in [0.5, 0.6) is 0 Å². The Balaban J connectivity index is 1.54. The monoisotopic (exact) mass is 358 g/mol. The van der Waals surface area contributed by atoms with Gasteiger partial charge in [0.15, 0.2) is 0 Å². The van der Waals surface area contributed by atoms with Gasteiger partial charge in [0.25, 0.3) is 5.56 Å². The van der Waals surface area contributed by atoms with Gasteiger partial charge < -0.3 is 5.32 Å². The molecule has 6 nitrogen and oxygen atoms in total. The van der Waals surface area contributed by atoms with Crippen molar-refractivity contribution >= 4 is 33.0 Å². The molecule has 4 rings (SSSR count). The van der Waals surface area contributed by atoms with Crippen molar-refractivity contribution in [1.82, 2.24) is 19.5 Å². The van der Waals surface area contributed by atoms with Gasteiger partial charge in [-0.05, 0) is 50.7 Å². The third-order valence-corrected chi connectivity index (χ3v) is 6.07. The quantitative estimate of drug-likeness (QED) is 0.783. The SMILES string of the molecule is Cc1cc2c(cc3c(=O)n(CC(=O)NC4CCC(C)CC4)ncn32)s1.